The normalized spacial score (nSPS) is 19.4. The molecule has 1 aliphatic heterocycles. The monoisotopic (exact) mass is 297 g/mol. The van der Waals surface area contributed by atoms with Crippen LogP contribution < -0.4 is 4.90 Å². The molecule has 112 valence electrons. The van der Waals surface area contributed by atoms with Gasteiger partial charge in [0.05, 0.1) is 6.61 Å². The molecule has 5 heteroatoms. The summed E-state index contributed by atoms with van der Waals surface area (Å²) in [6.45, 7) is 6.99. The van der Waals surface area contributed by atoms with Crippen molar-refractivity contribution in [1.82, 2.24) is 9.97 Å². The number of hydrogen-bond donors (Lipinski definition) is 0. The fraction of sp³-hybridized carbons (Fsp3) is 0.733. The summed E-state index contributed by atoms with van der Waals surface area (Å²) < 4.78 is 5.30. The Balaban J connectivity index is 2.21. The van der Waals surface area contributed by atoms with Gasteiger partial charge >= 0.3 is 0 Å². The van der Waals surface area contributed by atoms with E-state index in [0.29, 0.717) is 11.1 Å². The molecule has 0 radical (unpaired) electrons. The lowest BCUT2D eigenvalue weighted by Gasteiger charge is -2.34. The molecule has 1 aromatic rings. The second-order valence-electron chi connectivity index (χ2n) is 5.54. The van der Waals surface area contributed by atoms with Crippen LogP contribution in [-0.4, -0.2) is 36.8 Å². The first-order valence-corrected chi connectivity index (χ1v) is 7.80. The van der Waals surface area contributed by atoms with Gasteiger partial charge in [-0.05, 0) is 32.1 Å². The zero-order valence-electron chi connectivity index (χ0n) is 12.7. The van der Waals surface area contributed by atoms with Crippen LogP contribution in [0.3, 0.4) is 0 Å². The molecule has 2 rings (SSSR count). The molecule has 1 fully saturated rings. The van der Waals surface area contributed by atoms with Crippen molar-refractivity contribution in [3.05, 3.63) is 16.5 Å². The van der Waals surface area contributed by atoms with Gasteiger partial charge in [-0.1, -0.05) is 18.5 Å². The molecule has 1 aliphatic rings. The van der Waals surface area contributed by atoms with Crippen molar-refractivity contribution in [2.24, 2.45) is 5.92 Å². The molecule has 1 unspecified atom stereocenters. The lowest BCUT2D eigenvalue weighted by atomic mass is 9.99. The van der Waals surface area contributed by atoms with E-state index >= 15 is 0 Å². The van der Waals surface area contributed by atoms with Gasteiger partial charge in [-0.15, -0.1) is 0 Å². The summed E-state index contributed by atoms with van der Waals surface area (Å²) in [5, 5.41) is 0.590. The van der Waals surface area contributed by atoms with Crippen LogP contribution in [-0.2, 0) is 11.2 Å². The average molecular weight is 298 g/mol. The van der Waals surface area contributed by atoms with E-state index in [1.54, 1.807) is 7.11 Å². The van der Waals surface area contributed by atoms with Crippen LogP contribution in [0.4, 0.5) is 5.82 Å². The second kappa shape index (κ2) is 7.23. The fourth-order valence-corrected chi connectivity index (χ4v) is 2.98. The van der Waals surface area contributed by atoms with Crippen molar-refractivity contribution in [3.63, 3.8) is 0 Å². The predicted molar refractivity (Wildman–Crippen MR) is 82.6 cm³/mol. The lowest BCUT2D eigenvalue weighted by molar-refractivity contribution is 0.143. The van der Waals surface area contributed by atoms with Crippen LogP contribution in [0.5, 0.6) is 0 Å². The van der Waals surface area contributed by atoms with Gasteiger partial charge in [0.1, 0.15) is 16.8 Å². The zero-order chi connectivity index (χ0) is 14.5. The largest absolute Gasteiger partial charge is 0.384 e. The van der Waals surface area contributed by atoms with E-state index in [4.69, 9.17) is 21.3 Å². The zero-order valence-corrected chi connectivity index (χ0v) is 13.4. The molecule has 1 aromatic heterocycles. The Kier molecular flexibility index (Phi) is 5.61. The molecule has 0 aromatic carbocycles. The molecule has 0 saturated carbocycles. The highest BCUT2D eigenvalue weighted by Gasteiger charge is 2.23. The van der Waals surface area contributed by atoms with E-state index in [2.05, 4.69) is 16.8 Å². The SMILES string of the molecule is CCCc1nc(Cl)c(C)c(N2CCCC(COC)C2)n1. The van der Waals surface area contributed by atoms with Gasteiger partial charge in [-0.2, -0.15) is 0 Å². The van der Waals surface area contributed by atoms with Gasteiger partial charge in [-0.3, -0.25) is 0 Å². The Hall–Kier alpha value is -0.870. The molecule has 20 heavy (non-hydrogen) atoms. The fourth-order valence-electron chi connectivity index (χ4n) is 2.79. The number of aromatic nitrogens is 2. The van der Waals surface area contributed by atoms with Crippen molar-refractivity contribution in [1.29, 1.82) is 0 Å². The first kappa shape index (κ1) is 15.5. The van der Waals surface area contributed by atoms with E-state index in [0.717, 1.165) is 49.7 Å². The van der Waals surface area contributed by atoms with Crippen LogP contribution in [0.2, 0.25) is 5.15 Å². The molecule has 0 N–H and O–H groups in total. The summed E-state index contributed by atoms with van der Waals surface area (Å²) in [4.78, 5) is 11.4. The van der Waals surface area contributed by atoms with Crippen molar-refractivity contribution >= 4 is 17.4 Å². The highest BCUT2D eigenvalue weighted by Crippen LogP contribution is 2.28. The molecular weight excluding hydrogens is 274 g/mol. The summed E-state index contributed by atoms with van der Waals surface area (Å²) in [6.07, 6.45) is 4.32. The number of nitrogens with zero attached hydrogens (tertiary/aromatic N) is 3. The summed E-state index contributed by atoms with van der Waals surface area (Å²) >= 11 is 6.27. The van der Waals surface area contributed by atoms with Crippen LogP contribution in [0, 0.1) is 12.8 Å². The van der Waals surface area contributed by atoms with Crippen LogP contribution in [0.15, 0.2) is 0 Å². The van der Waals surface area contributed by atoms with E-state index in [1.165, 1.54) is 12.8 Å². The molecular formula is C15H24ClN3O. The van der Waals surface area contributed by atoms with Crippen molar-refractivity contribution < 1.29 is 4.74 Å². The average Bonchev–Trinajstić information content (AvgIpc) is 2.43. The lowest BCUT2D eigenvalue weighted by Crippen LogP contribution is -2.38. The van der Waals surface area contributed by atoms with E-state index in [1.807, 2.05) is 6.92 Å². The first-order chi connectivity index (χ1) is 9.65. The maximum atomic E-state index is 6.27. The van der Waals surface area contributed by atoms with Crippen molar-refractivity contribution in [3.8, 4) is 0 Å². The number of anilines is 1. The molecule has 2 heterocycles. The van der Waals surface area contributed by atoms with Gasteiger partial charge in [0, 0.05) is 32.2 Å². The number of halogens is 1. The standard InChI is InChI=1S/C15H24ClN3O/c1-4-6-13-17-14(16)11(2)15(18-13)19-8-5-7-12(9-19)10-20-3/h12H,4-10H2,1-3H3. The molecule has 0 aliphatic carbocycles. The minimum Gasteiger partial charge on any atom is -0.384 e. The quantitative estimate of drug-likeness (QED) is 0.782. The Morgan fingerprint density at radius 2 is 2.20 bits per heavy atom. The summed E-state index contributed by atoms with van der Waals surface area (Å²) in [5.74, 6) is 2.44. The molecule has 0 spiro atoms. The number of methoxy groups -OCH3 is 1. The highest BCUT2D eigenvalue weighted by atomic mass is 35.5. The Morgan fingerprint density at radius 3 is 2.90 bits per heavy atom. The third kappa shape index (κ3) is 3.61. The highest BCUT2D eigenvalue weighted by molar-refractivity contribution is 6.30. The first-order valence-electron chi connectivity index (χ1n) is 7.42. The molecule has 0 bridgehead atoms. The second-order valence-corrected chi connectivity index (χ2v) is 5.90. The third-order valence-electron chi connectivity index (χ3n) is 3.80. The topological polar surface area (TPSA) is 38.2 Å². The third-order valence-corrected chi connectivity index (χ3v) is 4.17. The van der Waals surface area contributed by atoms with Gasteiger partial charge in [-0.25, -0.2) is 9.97 Å². The maximum absolute atomic E-state index is 6.27. The molecule has 1 atom stereocenters. The maximum Gasteiger partial charge on any atom is 0.137 e. The minimum absolute atomic E-state index is 0.580. The van der Waals surface area contributed by atoms with Gasteiger partial charge in [0.2, 0.25) is 0 Å². The smallest absolute Gasteiger partial charge is 0.137 e. The number of aryl methyl sites for hydroxylation is 1. The van der Waals surface area contributed by atoms with Crippen molar-refractivity contribution in [2.45, 2.75) is 39.5 Å². The Labute approximate surface area is 126 Å². The minimum atomic E-state index is 0.580. The molecule has 1 saturated heterocycles. The van der Waals surface area contributed by atoms with E-state index in [-0.39, 0.29) is 0 Å². The van der Waals surface area contributed by atoms with Crippen LogP contribution in [0.25, 0.3) is 0 Å². The predicted octanol–water partition coefficient (Wildman–Crippen LogP) is 3.25. The van der Waals surface area contributed by atoms with Gasteiger partial charge < -0.3 is 9.64 Å². The van der Waals surface area contributed by atoms with Crippen molar-refractivity contribution in [2.75, 3.05) is 31.7 Å². The molecule has 0 amide bonds. The summed E-state index contributed by atoms with van der Waals surface area (Å²) in [6, 6.07) is 0. The van der Waals surface area contributed by atoms with Crippen LogP contribution in [0.1, 0.15) is 37.6 Å². The Bertz CT molecular complexity index is 451. The Morgan fingerprint density at radius 1 is 1.40 bits per heavy atom. The van der Waals surface area contributed by atoms with Gasteiger partial charge in [0.25, 0.3) is 0 Å². The summed E-state index contributed by atoms with van der Waals surface area (Å²) in [7, 11) is 1.77. The van der Waals surface area contributed by atoms with E-state index in [9.17, 15) is 0 Å². The number of piperidine rings is 1. The molecule has 4 nitrogen and oxygen atoms in total. The van der Waals surface area contributed by atoms with Gasteiger partial charge in [0.15, 0.2) is 0 Å². The summed E-state index contributed by atoms with van der Waals surface area (Å²) in [5.41, 5.74) is 0.990. The van der Waals surface area contributed by atoms with E-state index < -0.39 is 0 Å². The number of rotatable bonds is 5. The number of hydrogen-bond acceptors (Lipinski definition) is 4. The number of ether oxygens (including phenoxy) is 1. The van der Waals surface area contributed by atoms with Crippen LogP contribution >= 0.6 is 11.6 Å².